The van der Waals surface area contributed by atoms with Gasteiger partial charge in [-0.25, -0.2) is 0 Å². The van der Waals surface area contributed by atoms with Crippen LogP contribution in [-0.4, -0.2) is 55.6 Å². The number of benzene rings is 1. The van der Waals surface area contributed by atoms with E-state index < -0.39 is 6.10 Å². The van der Waals surface area contributed by atoms with E-state index in [2.05, 4.69) is 4.90 Å². The maximum atomic E-state index is 10.0. The Balaban J connectivity index is 1.64. The molecule has 0 amide bonds. The van der Waals surface area contributed by atoms with Crippen molar-refractivity contribution in [2.24, 2.45) is 5.92 Å². The third kappa shape index (κ3) is 5.12. The Morgan fingerprint density at radius 3 is 2.90 bits per heavy atom. The van der Waals surface area contributed by atoms with E-state index in [1.54, 1.807) is 0 Å². The predicted molar refractivity (Wildman–Crippen MR) is 79.0 cm³/mol. The third-order valence-corrected chi connectivity index (χ3v) is 3.58. The number of aliphatic hydroxyl groups is 1. The van der Waals surface area contributed by atoms with E-state index in [0.717, 1.165) is 38.5 Å². The van der Waals surface area contributed by atoms with Crippen molar-refractivity contribution < 1.29 is 14.6 Å². The summed E-state index contributed by atoms with van der Waals surface area (Å²) in [7, 11) is 0. The van der Waals surface area contributed by atoms with Gasteiger partial charge in [0.1, 0.15) is 18.5 Å². The Bertz CT molecular complexity index is 371. The molecule has 1 aromatic rings. The summed E-state index contributed by atoms with van der Waals surface area (Å²) in [5.41, 5.74) is 0. The second kappa shape index (κ2) is 8.25. The Morgan fingerprint density at radius 2 is 2.15 bits per heavy atom. The standard InChI is InChI=1S/C16H25NO3/c1-2-19-12-14-8-9-17(10-14)11-15(18)13-20-16-6-4-3-5-7-16/h3-7,14-15,18H,2,8-13H2,1H3. The van der Waals surface area contributed by atoms with E-state index in [0.29, 0.717) is 19.1 Å². The van der Waals surface area contributed by atoms with E-state index in [9.17, 15) is 5.11 Å². The first-order valence-electron chi connectivity index (χ1n) is 7.44. The lowest BCUT2D eigenvalue weighted by Crippen LogP contribution is -2.34. The number of likely N-dealkylation sites (tertiary alicyclic amines) is 1. The van der Waals surface area contributed by atoms with Gasteiger partial charge in [-0.1, -0.05) is 18.2 Å². The highest BCUT2D eigenvalue weighted by atomic mass is 16.5. The van der Waals surface area contributed by atoms with Gasteiger partial charge in [0.2, 0.25) is 0 Å². The van der Waals surface area contributed by atoms with Gasteiger partial charge in [-0.2, -0.15) is 0 Å². The number of para-hydroxylation sites is 1. The van der Waals surface area contributed by atoms with Gasteiger partial charge in [0.25, 0.3) is 0 Å². The second-order valence-corrected chi connectivity index (χ2v) is 5.35. The van der Waals surface area contributed by atoms with Gasteiger partial charge < -0.3 is 19.5 Å². The molecule has 0 aromatic heterocycles. The van der Waals surface area contributed by atoms with Crippen LogP contribution in [0.4, 0.5) is 0 Å². The monoisotopic (exact) mass is 279 g/mol. The molecule has 1 aliphatic rings. The molecule has 0 aliphatic carbocycles. The van der Waals surface area contributed by atoms with Crippen molar-refractivity contribution in [2.75, 3.05) is 39.5 Å². The van der Waals surface area contributed by atoms with E-state index >= 15 is 0 Å². The van der Waals surface area contributed by atoms with Crippen LogP contribution in [-0.2, 0) is 4.74 Å². The number of hydrogen-bond donors (Lipinski definition) is 1. The average molecular weight is 279 g/mol. The maximum absolute atomic E-state index is 10.0. The van der Waals surface area contributed by atoms with Crippen LogP contribution < -0.4 is 4.74 Å². The Kier molecular flexibility index (Phi) is 6.30. The number of hydrogen-bond acceptors (Lipinski definition) is 4. The normalized spacial score (nSPS) is 21.0. The molecule has 2 unspecified atom stereocenters. The van der Waals surface area contributed by atoms with E-state index in [4.69, 9.17) is 9.47 Å². The summed E-state index contributed by atoms with van der Waals surface area (Å²) in [5.74, 6) is 1.42. The average Bonchev–Trinajstić information content (AvgIpc) is 2.91. The molecule has 1 fully saturated rings. The summed E-state index contributed by atoms with van der Waals surface area (Å²) in [6.07, 6.45) is 0.716. The number of nitrogens with zero attached hydrogens (tertiary/aromatic N) is 1. The smallest absolute Gasteiger partial charge is 0.119 e. The van der Waals surface area contributed by atoms with Crippen LogP contribution in [0.25, 0.3) is 0 Å². The Morgan fingerprint density at radius 1 is 1.35 bits per heavy atom. The van der Waals surface area contributed by atoms with Crippen LogP contribution in [0, 0.1) is 5.92 Å². The van der Waals surface area contributed by atoms with Crippen LogP contribution in [0.3, 0.4) is 0 Å². The summed E-state index contributed by atoms with van der Waals surface area (Å²) in [5, 5.41) is 10.0. The van der Waals surface area contributed by atoms with Gasteiger partial charge in [0, 0.05) is 19.7 Å². The van der Waals surface area contributed by atoms with Crippen LogP contribution in [0.15, 0.2) is 30.3 Å². The van der Waals surface area contributed by atoms with Gasteiger partial charge in [-0.05, 0) is 37.9 Å². The molecule has 0 bridgehead atoms. The van der Waals surface area contributed by atoms with Crippen LogP contribution >= 0.6 is 0 Å². The molecule has 1 saturated heterocycles. The molecule has 0 saturated carbocycles. The van der Waals surface area contributed by atoms with Crippen LogP contribution in [0.5, 0.6) is 5.75 Å². The van der Waals surface area contributed by atoms with E-state index in [1.165, 1.54) is 0 Å². The molecule has 0 radical (unpaired) electrons. The van der Waals surface area contributed by atoms with Gasteiger partial charge in [-0.3, -0.25) is 0 Å². The molecule has 2 rings (SSSR count). The predicted octanol–water partition coefficient (Wildman–Crippen LogP) is 1.78. The molecule has 1 aromatic carbocycles. The first-order valence-corrected chi connectivity index (χ1v) is 7.44. The van der Waals surface area contributed by atoms with Gasteiger partial charge in [0.15, 0.2) is 0 Å². The third-order valence-electron chi connectivity index (χ3n) is 3.58. The van der Waals surface area contributed by atoms with Crippen molar-refractivity contribution in [3.63, 3.8) is 0 Å². The van der Waals surface area contributed by atoms with Crippen molar-refractivity contribution in [1.29, 1.82) is 0 Å². The number of rotatable bonds is 8. The molecule has 2 atom stereocenters. The fourth-order valence-electron chi connectivity index (χ4n) is 2.56. The highest BCUT2D eigenvalue weighted by Crippen LogP contribution is 2.17. The van der Waals surface area contributed by atoms with Gasteiger partial charge >= 0.3 is 0 Å². The van der Waals surface area contributed by atoms with Crippen molar-refractivity contribution >= 4 is 0 Å². The highest BCUT2D eigenvalue weighted by molar-refractivity contribution is 5.20. The molecular weight excluding hydrogens is 254 g/mol. The number of β-amino-alcohol motifs (C(OH)–C–C–N with tert-alkyl or cyclic N) is 1. The lowest BCUT2D eigenvalue weighted by atomic mass is 10.1. The Hall–Kier alpha value is -1.10. The summed E-state index contributed by atoms with van der Waals surface area (Å²) >= 11 is 0. The first-order chi connectivity index (χ1) is 9.78. The lowest BCUT2D eigenvalue weighted by Gasteiger charge is -2.20. The summed E-state index contributed by atoms with van der Waals surface area (Å²) in [4.78, 5) is 2.29. The first kappa shape index (κ1) is 15.3. The molecular formula is C16H25NO3. The molecule has 4 heteroatoms. The SMILES string of the molecule is CCOCC1CCN(CC(O)COc2ccccc2)C1. The maximum Gasteiger partial charge on any atom is 0.119 e. The number of ether oxygens (including phenoxy) is 2. The zero-order valence-electron chi connectivity index (χ0n) is 12.2. The molecule has 1 aliphatic heterocycles. The van der Waals surface area contributed by atoms with Crippen LogP contribution in [0.2, 0.25) is 0 Å². The number of aliphatic hydroxyl groups excluding tert-OH is 1. The summed E-state index contributed by atoms with van der Waals surface area (Å²) in [6.45, 7) is 6.72. The van der Waals surface area contributed by atoms with Crippen molar-refractivity contribution in [1.82, 2.24) is 4.90 Å². The highest BCUT2D eigenvalue weighted by Gasteiger charge is 2.24. The van der Waals surface area contributed by atoms with Gasteiger partial charge in [0.05, 0.1) is 6.61 Å². The molecule has 20 heavy (non-hydrogen) atoms. The molecule has 112 valence electrons. The topological polar surface area (TPSA) is 41.9 Å². The molecule has 4 nitrogen and oxygen atoms in total. The minimum absolute atomic E-state index is 0.344. The summed E-state index contributed by atoms with van der Waals surface area (Å²) < 4.78 is 11.0. The van der Waals surface area contributed by atoms with Crippen molar-refractivity contribution in [3.8, 4) is 5.75 Å². The minimum atomic E-state index is -0.443. The minimum Gasteiger partial charge on any atom is -0.491 e. The fraction of sp³-hybridized carbons (Fsp3) is 0.625. The molecule has 1 N–H and O–H groups in total. The second-order valence-electron chi connectivity index (χ2n) is 5.35. The van der Waals surface area contributed by atoms with E-state index in [1.807, 2.05) is 37.3 Å². The Labute approximate surface area is 121 Å². The van der Waals surface area contributed by atoms with Crippen molar-refractivity contribution in [2.45, 2.75) is 19.4 Å². The zero-order chi connectivity index (χ0) is 14.2. The van der Waals surface area contributed by atoms with E-state index in [-0.39, 0.29) is 0 Å². The fourth-order valence-corrected chi connectivity index (χ4v) is 2.56. The van der Waals surface area contributed by atoms with Crippen molar-refractivity contribution in [3.05, 3.63) is 30.3 Å². The largest absolute Gasteiger partial charge is 0.491 e. The van der Waals surface area contributed by atoms with Crippen LogP contribution in [0.1, 0.15) is 13.3 Å². The van der Waals surface area contributed by atoms with Gasteiger partial charge in [-0.15, -0.1) is 0 Å². The molecule has 0 spiro atoms. The lowest BCUT2D eigenvalue weighted by molar-refractivity contribution is 0.0701. The summed E-state index contributed by atoms with van der Waals surface area (Å²) in [6, 6.07) is 9.62. The quantitative estimate of drug-likeness (QED) is 0.788. The molecule has 1 heterocycles. The zero-order valence-corrected chi connectivity index (χ0v) is 12.2.